The number of nitrogens with one attached hydrogen (secondary N) is 1. The van der Waals surface area contributed by atoms with E-state index < -0.39 is 12.7 Å². The molecule has 1 aliphatic rings. The van der Waals surface area contributed by atoms with Crippen molar-refractivity contribution >= 4 is 24.8 Å². The van der Waals surface area contributed by atoms with Gasteiger partial charge in [-0.15, -0.1) is 24.8 Å². The fourth-order valence-corrected chi connectivity index (χ4v) is 2.34. The first-order valence-corrected chi connectivity index (χ1v) is 6.10. The van der Waals surface area contributed by atoms with Gasteiger partial charge in [0.15, 0.2) is 0 Å². The summed E-state index contributed by atoms with van der Waals surface area (Å²) in [4.78, 5) is 2.02. The number of halogens is 4. The summed E-state index contributed by atoms with van der Waals surface area (Å²) in [6.07, 6.45) is 0. The van der Waals surface area contributed by atoms with Crippen LogP contribution in [0.5, 0.6) is 5.75 Å². The van der Waals surface area contributed by atoms with Crippen molar-refractivity contribution in [3.8, 4) is 5.75 Å². The molecule has 1 N–H and O–H groups in total. The molecule has 20 heavy (non-hydrogen) atoms. The van der Waals surface area contributed by atoms with Crippen molar-refractivity contribution in [1.82, 2.24) is 10.2 Å². The number of hydrogen-bond donors (Lipinski definition) is 1. The van der Waals surface area contributed by atoms with E-state index in [1.807, 2.05) is 4.90 Å². The number of benzene rings is 1. The van der Waals surface area contributed by atoms with Gasteiger partial charge in [-0.3, -0.25) is 4.90 Å². The maximum atomic E-state index is 13.3. The van der Waals surface area contributed by atoms with Crippen molar-refractivity contribution in [2.75, 3.05) is 40.0 Å². The number of piperazine rings is 1. The standard InChI is InChI=1S/C13H18F2N2O.2ClH/c1-18-13-3-2-10(15)8-11(13)12(9-14)17-6-4-16-5-7-17;;/h2-3,8,12,16H,4-7,9H2,1H3;2*1H/t12-;;/m1../s1. The fraction of sp³-hybridized carbons (Fsp3) is 0.538. The smallest absolute Gasteiger partial charge is 0.123 e. The Bertz CT molecular complexity index is 404. The van der Waals surface area contributed by atoms with E-state index in [1.165, 1.54) is 19.2 Å². The van der Waals surface area contributed by atoms with Gasteiger partial charge in [-0.25, -0.2) is 8.78 Å². The fourth-order valence-electron chi connectivity index (χ4n) is 2.34. The van der Waals surface area contributed by atoms with Gasteiger partial charge in [0.05, 0.1) is 13.2 Å². The molecule has 1 saturated heterocycles. The highest BCUT2D eigenvalue weighted by molar-refractivity contribution is 5.85. The molecule has 0 saturated carbocycles. The van der Waals surface area contributed by atoms with Crippen molar-refractivity contribution < 1.29 is 13.5 Å². The summed E-state index contributed by atoms with van der Waals surface area (Å²) in [6, 6.07) is 3.81. The van der Waals surface area contributed by atoms with Crippen LogP contribution in [0.4, 0.5) is 8.78 Å². The van der Waals surface area contributed by atoms with E-state index in [0.717, 1.165) is 26.2 Å². The minimum atomic E-state index is -0.542. The molecule has 116 valence electrons. The molecule has 0 aromatic heterocycles. The molecule has 0 unspecified atom stereocenters. The van der Waals surface area contributed by atoms with Gasteiger partial charge in [-0.2, -0.15) is 0 Å². The average Bonchev–Trinajstić information content (AvgIpc) is 2.41. The van der Waals surface area contributed by atoms with Crippen LogP contribution in [0.3, 0.4) is 0 Å². The Kier molecular flexibility index (Phi) is 9.05. The normalized spacial score (nSPS) is 16.8. The first-order chi connectivity index (χ1) is 8.76. The van der Waals surface area contributed by atoms with Crippen LogP contribution in [-0.4, -0.2) is 44.9 Å². The molecule has 1 heterocycles. The average molecular weight is 329 g/mol. The Morgan fingerprint density at radius 3 is 2.50 bits per heavy atom. The third kappa shape index (κ3) is 4.45. The molecule has 0 aliphatic carbocycles. The van der Waals surface area contributed by atoms with Gasteiger partial charge in [-0.05, 0) is 18.2 Å². The zero-order valence-electron chi connectivity index (χ0n) is 11.3. The summed E-state index contributed by atoms with van der Waals surface area (Å²) < 4.78 is 31.9. The second kappa shape index (κ2) is 9.34. The molecule has 7 heteroatoms. The Balaban J connectivity index is 0.00000180. The quantitative estimate of drug-likeness (QED) is 0.919. The van der Waals surface area contributed by atoms with E-state index in [-0.39, 0.29) is 30.6 Å². The van der Waals surface area contributed by atoms with E-state index in [4.69, 9.17) is 4.74 Å². The monoisotopic (exact) mass is 328 g/mol. The predicted octanol–water partition coefficient (Wildman–Crippen LogP) is 2.59. The second-order valence-corrected chi connectivity index (χ2v) is 4.34. The van der Waals surface area contributed by atoms with Crippen LogP contribution in [0.2, 0.25) is 0 Å². The minimum absolute atomic E-state index is 0. The Morgan fingerprint density at radius 1 is 1.30 bits per heavy atom. The van der Waals surface area contributed by atoms with Gasteiger partial charge in [0.1, 0.15) is 18.2 Å². The minimum Gasteiger partial charge on any atom is -0.496 e. The number of rotatable bonds is 4. The number of methoxy groups -OCH3 is 1. The van der Waals surface area contributed by atoms with Crippen LogP contribution in [0.15, 0.2) is 18.2 Å². The van der Waals surface area contributed by atoms with E-state index in [1.54, 1.807) is 6.07 Å². The lowest BCUT2D eigenvalue weighted by Crippen LogP contribution is -2.45. The number of hydrogen-bond acceptors (Lipinski definition) is 3. The van der Waals surface area contributed by atoms with Gasteiger partial charge >= 0.3 is 0 Å². The van der Waals surface area contributed by atoms with Gasteiger partial charge in [0, 0.05) is 31.7 Å². The number of nitrogens with zero attached hydrogens (tertiary/aromatic N) is 1. The van der Waals surface area contributed by atoms with E-state index >= 15 is 0 Å². The molecule has 1 atom stereocenters. The van der Waals surface area contributed by atoms with Crippen molar-refractivity contribution in [1.29, 1.82) is 0 Å². The molecule has 0 spiro atoms. The highest BCUT2D eigenvalue weighted by Gasteiger charge is 2.25. The van der Waals surface area contributed by atoms with Crippen LogP contribution in [0, 0.1) is 5.82 Å². The van der Waals surface area contributed by atoms with Crippen molar-refractivity contribution in [2.45, 2.75) is 6.04 Å². The lowest BCUT2D eigenvalue weighted by molar-refractivity contribution is 0.145. The van der Waals surface area contributed by atoms with Crippen LogP contribution in [0.1, 0.15) is 11.6 Å². The molecule has 0 bridgehead atoms. The van der Waals surface area contributed by atoms with Crippen LogP contribution >= 0.6 is 24.8 Å². The van der Waals surface area contributed by atoms with Gasteiger partial charge in [0.2, 0.25) is 0 Å². The summed E-state index contributed by atoms with van der Waals surface area (Å²) in [5.74, 6) is 0.178. The van der Waals surface area contributed by atoms with Crippen LogP contribution < -0.4 is 10.1 Å². The summed E-state index contributed by atoms with van der Waals surface area (Å²) in [6.45, 7) is 2.63. The highest BCUT2D eigenvalue weighted by atomic mass is 35.5. The van der Waals surface area contributed by atoms with E-state index in [0.29, 0.717) is 11.3 Å². The van der Waals surface area contributed by atoms with Gasteiger partial charge < -0.3 is 10.1 Å². The number of alkyl halides is 1. The lowest BCUT2D eigenvalue weighted by atomic mass is 10.0. The lowest BCUT2D eigenvalue weighted by Gasteiger charge is -2.34. The van der Waals surface area contributed by atoms with Gasteiger partial charge in [-0.1, -0.05) is 0 Å². The maximum Gasteiger partial charge on any atom is 0.123 e. The largest absolute Gasteiger partial charge is 0.496 e. The first-order valence-electron chi connectivity index (χ1n) is 6.10. The van der Waals surface area contributed by atoms with Crippen molar-refractivity contribution in [3.63, 3.8) is 0 Å². The van der Waals surface area contributed by atoms with Crippen LogP contribution in [-0.2, 0) is 0 Å². The number of ether oxygens (including phenoxy) is 1. The second-order valence-electron chi connectivity index (χ2n) is 4.34. The van der Waals surface area contributed by atoms with Crippen molar-refractivity contribution in [3.05, 3.63) is 29.6 Å². The summed E-state index contributed by atoms with van der Waals surface area (Å²) >= 11 is 0. The molecule has 0 radical (unpaired) electrons. The molecule has 1 aliphatic heterocycles. The third-order valence-corrected chi connectivity index (χ3v) is 3.29. The Labute approximate surface area is 130 Å². The summed E-state index contributed by atoms with van der Waals surface area (Å²) in [7, 11) is 1.52. The van der Waals surface area contributed by atoms with E-state index in [2.05, 4.69) is 5.32 Å². The highest BCUT2D eigenvalue weighted by Crippen LogP contribution is 2.30. The third-order valence-electron chi connectivity index (χ3n) is 3.29. The predicted molar refractivity (Wildman–Crippen MR) is 80.6 cm³/mol. The molecule has 1 aromatic carbocycles. The molecule has 0 amide bonds. The molecular formula is C13H20Cl2F2N2O. The molecule has 3 nitrogen and oxygen atoms in total. The molecule has 1 aromatic rings. The molecule has 2 rings (SSSR count). The SMILES string of the molecule is COc1ccc(F)cc1[C@@H](CF)N1CCNCC1.Cl.Cl. The van der Waals surface area contributed by atoms with Crippen molar-refractivity contribution in [2.24, 2.45) is 0 Å². The van der Waals surface area contributed by atoms with Crippen LogP contribution in [0.25, 0.3) is 0 Å². The maximum absolute atomic E-state index is 13.3. The molecular weight excluding hydrogens is 309 g/mol. The Hall–Kier alpha value is -0.620. The topological polar surface area (TPSA) is 24.5 Å². The van der Waals surface area contributed by atoms with Gasteiger partial charge in [0.25, 0.3) is 0 Å². The summed E-state index contributed by atoms with van der Waals surface area (Å²) in [5, 5.41) is 3.22. The molecule has 1 fully saturated rings. The van der Waals surface area contributed by atoms with E-state index in [9.17, 15) is 8.78 Å². The first kappa shape index (κ1) is 19.4. The summed E-state index contributed by atoms with van der Waals surface area (Å²) in [5.41, 5.74) is 0.585. The zero-order valence-corrected chi connectivity index (χ0v) is 12.9. The zero-order chi connectivity index (χ0) is 13.0. The Morgan fingerprint density at radius 2 is 1.95 bits per heavy atom.